The van der Waals surface area contributed by atoms with E-state index in [2.05, 4.69) is 10.5 Å². The number of nitrogens with zero attached hydrogens (tertiary/aromatic N) is 1. The molecule has 0 spiro atoms. The van der Waals surface area contributed by atoms with Crippen LogP contribution in [0.2, 0.25) is 0 Å². The van der Waals surface area contributed by atoms with Crippen molar-refractivity contribution < 1.29 is 19.1 Å². The van der Waals surface area contributed by atoms with Crippen LogP contribution in [-0.4, -0.2) is 31.3 Å². The lowest BCUT2D eigenvalue weighted by Crippen LogP contribution is -2.24. The molecule has 2 rings (SSSR count). The molecule has 0 atom stereocenters. The van der Waals surface area contributed by atoms with Gasteiger partial charge in [-0.05, 0) is 43.2 Å². The summed E-state index contributed by atoms with van der Waals surface area (Å²) in [4.78, 5) is 23.4. The van der Waals surface area contributed by atoms with Crippen LogP contribution < -0.4 is 10.2 Å². The molecule has 26 heavy (non-hydrogen) atoms. The van der Waals surface area contributed by atoms with Crippen molar-refractivity contribution in [2.45, 2.75) is 20.3 Å². The zero-order chi connectivity index (χ0) is 18.8. The first-order valence-electron chi connectivity index (χ1n) is 8.37. The van der Waals surface area contributed by atoms with Crippen LogP contribution in [0.4, 0.5) is 0 Å². The Morgan fingerprint density at radius 3 is 2.42 bits per heavy atom. The lowest BCUT2D eigenvalue weighted by atomic mass is 10.2. The molecule has 6 heteroatoms. The van der Waals surface area contributed by atoms with Gasteiger partial charge in [0, 0.05) is 0 Å². The predicted octanol–water partition coefficient (Wildman–Crippen LogP) is 3.09. The molecule has 136 valence electrons. The van der Waals surface area contributed by atoms with Gasteiger partial charge in [-0.15, -0.1) is 0 Å². The second kappa shape index (κ2) is 9.98. The minimum absolute atomic E-state index is 0.176. The molecule has 0 aliphatic heterocycles. The number of ether oxygens (including phenoxy) is 2. The highest BCUT2D eigenvalue weighted by atomic mass is 16.5. The van der Waals surface area contributed by atoms with Crippen LogP contribution >= 0.6 is 0 Å². The fourth-order valence-electron chi connectivity index (χ4n) is 1.98. The van der Waals surface area contributed by atoms with Crippen molar-refractivity contribution in [1.29, 1.82) is 0 Å². The van der Waals surface area contributed by atoms with Crippen LogP contribution in [0.1, 0.15) is 34.8 Å². The van der Waals surface area contributed by atoms with Crippen LogP contribution in [0.25, 0.3) is 0 Å². The van der Waals surface area contributed by atoms with E-state index >= 15 is 0 Å². The number of amides is 1. The number of benzene rings is 2. The molecule has 6 nitrogen and oxygen atoms in total. The number of rotatable bonds is 8. The smallest absolute Gasteiger partial charge is 0.338 e. The molecule has 0 aromatic heterocycles. The Kier molecular flexibility index (Phi) is 7.36. The molecule has 0 radical (unpaired) electrons. The summed E-state index contributed by atoms with van der Waals surface area (Å²) in [5.74, 6) is -0.268. The summed E-state index contributed by atoms with van der Waals surface area (Å²) in [5, 5.41) is 3.88. The van der Waals surface area contributed by atoms with Crippen LogP contribution in [0.15, 0.2) is 53.6 Å². The second-order valence-electron chi connectivity index (χ2n) is 5.65. The Balaban J connectivity index is 1.76. The summed E-state index contributed by atoms with van der Waals surface area (Å²) in [7, 11) is 0. The molecule has 0 fully saturated rings. The Hall–Kier alpha value is -3.15. The first kappa shape index (κ1) is 19.2. The molecule has 0 aliphatic carbocycles. The fraction of sp³-hybridized carbons (Fsp3) is 0.250. The van der Waals surface area contributed by atoms with E-state index in [9.17, 15) is 9.59 Å². The highest BCUT2D eigenvalue weighted by molar-refractivity contribution is 5.89. The van der Waals surface area contributed by atoms with Crippen molar-refractivity contribution in [2.24, 2.45) is 5.10 Å². The second-order valence-corrected chi connectivity index (χ2v) is 5.65. The summed E-state index contributed by atoms with van der Waals surface area (Å²) in [6, 6.07) is 14.2. The Morgan fingerprint density at radius 2 is 1.77 bits per heavy atom. The topological polar surface area (TPSA) is 77.0 Å². The number of aryl methyl sites for hydroxylation is 1. The molecule has 0 saturated heterocycles. The summed E-state index contributed by atoms with van der Waals surface area (Å²) >= 11 is 0. The Morgan fingerprint density at radius 1 is 1.08 bits per heavy atom. The lowest BCUT2D eigenvalue weighted by Gasteiger charge is -2.06. The number of hydrogen-bond acceptors (Lipinski definition) is 5. The third kappa shape index (κ3) is 6.39. The normalized spacial score (nSPS) is 10.5. The van der Waals surface area contributed by atoms with E-state index in [4.69, 9.17) is 9.47 Å². The zero-order valence-corrected chi connectivity index (χ0v) is 14.9. The number of carbonyl (C=O) groups excluding carboxylic acids is 2. The van der Waals surface area contributed by atoms with Crippen molar-refractivity contribution in [3.63, 3.8) is 0 Å². The first-order chi connectivity index (χ1) is 12.6. The van der Waals surface area contributed by atoms with E-state index in [1.165, 1.54) is 0 Å². The SMILES string of the molecule is CCCOC(=O)c1ccc(OCC(=O)N/N=C/c2ccc(C)cc2)cc1. The summed E-state index contributed by atoms with van der Waals surface area (Å²) in [6.07, 6.45) is 2.34. The number of esters is 1. The fourth-order valence-corrected chi connectivity index (χ4v) is 1.98. The molecule has 0 aliphatic rings. The number of carbonyl (C=O) groups is 2. The molecular weight excluding hydrogens is 332 g/mol. The van der Waals surface area contributed by atoms with Gasteiger partial charge in [0.2, 0.25) is 0 Å². The molecule has 2 aromatic rings. The summed E-state index contributed by atoms with van der Waals surface area (Å²) in [6.45, 7) is 4.14. The van der Waals surface area contributed by atoms with Gasteiger partial charge in [0.25, 0.3) is 5.91 Å². The van der Waals surface area contributed by atoms with Crippen LogP contribution in [0.3, 0.4) is 0 Å². The highest BCUT2D eigenvalue weighted by Gasteiger charge is 2.07. The average Bonchev–Trinajstić information content (AvgIpc) is 2.66. The molecule has 0 heterocycles. The van der Waals surface area contributed by atoms with E-state index in [0.717, 1.165) is 17.5 Å². The maximum Gasteiger partial charge on any atom is 0.338 e. The number of hydrogen-bond donors (Lipinski definition) is 1. The van der Waals surface area contributed by atoms with E-state index in [1.54, 1.807) is 30.5 Å². The van der Waals surface area contributed by atoms with Crippen molar-refractivity contribution in [3.8, 4) is 5.75 Å². The average molecular weight is 354 g/mol. The molecule has 2 aromatic carbocycles. The van der Waals surface area contributed by atoms with Crippen molar-refractivity contribution in [2.75, 3.05) is 13.2 Å². The first-order valence-corrected chi connectivity index (χ1v) is 8.37. The molecule has 1 N–H and O–H groups in total. The molecule has 1 amide bonds. The minimum Gasteiger partial charge on any atom is -0.484 e. The van der Waals surface area contributed by atoms with Crippen molar-refractivity contribution in [1.82, 2.24) is 5.43 Å². The van der Waals surface area contributed by atoms with Gasteiger partial charge >= 0.3 is 5.97 Å². The largest absolute Gasteiger partial charge is 0.484 e. The molecule has 0 bridgehead atoms. The van der Waals surface area contributed by atoms with Gasteiger partial charge < -0.3 is 9.47 Å². The lowest BCUT2D eigenvalue weighted by molar-refractivity contribution is -0.123. The van der Waals surface area contributed by atoms with E-state index < -0.39 is 0 Å². The van der Waals surface area contributed by atoms with Gasteiger partial charge in [0.15, 0.2) is 6.61 Å². The van der Waals surface area contributed by atoms with Gasteiger partial charge in [0.1, 0.15) is 5.75 Å². The van der Waals surface area contributed by atoms with Gasteiger partial charge in [-0.3, -0.25) is 4.79 Å². The standard InChI is InChI=1S/C20H22N2O4/c1-3-12-25-20(24)17-8-10-18(11-9-17)26-14-19(23)22-21-13-16-6-4-15(2)5-7-16/h4-11,13H,3,12,14H2,1-2H3,(H,22,23)/b21-13+. The van der Waals surface area contributed by atoms with E-state index in [1.807, 2.05) is 38.1 Å². The van der Waals surface area contributed by atoms with Gasteiger partial charge in [0.05, 0.1) is 18.4 Å². The van der Waals surface area contributed by atoms with Gasteiger partial charge in [-0.1, -0.05) is 36.8 Å². The Labute approximate surface area is 152 Å². The van der Waals surface area contributed by atoms with E-state index in [0.29, 0.717) is 17.9 Å². The Bertz CT molecular complexity index is 752. The summed E-state index contributed by atoms with van der Waals surface area (Å²) < 4.78 is 10.4. The number of hydrazone groups is 1. The molecule has 0 unspecified atom stereocenters. The third-order valence-corrected chi connectivity index (χ3v) is 3.38. The van der Waals surface area contributed by atoms with Crippen molar-refractivity contribution in [3.05, 3.63) is 65.2 Å². The number of nitrogens with one attached hydrogen (secondary N) is 1. The maximum absolute atomic E-state index is 11.7. The van der Waals surface area contributed by atoms with Gasteiger partial charge in [-0.25, -0.2) is 10.2 Å². The zero-order valence-electron chi connectivity index (χ0n) is 14.9. The minimum atomic E-state index is -0.375. The van der Waals surface area contributed by atoms with Gasteiger partial charge in [-0.2, -0.15) is 5.10 Å². The monoisotopic (exact) mass is 354 g/mol. The highest BCUT2D eigenvalue weighted by Crippen LogP contribution is 2.13. The van der Waals surface area contributed by atoms with Crippen LogP contribution in [-0.2, 0) is 9.53 Å². The quantitative estimate of drug-likeness (QED) is 0.449. The van der Waals surface area contributed by atoms with E-state index in [-0.39, 0.29) is 18.5 Å². The molecular formula is C20H22N2O4. The third-order valence-electron chi connectivity index (χ3n) is 3.38. The van der Waals surface area contributed by atoms with Crippen molar-refractivity contribution >= 4 is 18.1 Å². The maximum atomic E-state index is 11.7. The van der Waals surface area contributed by atoms with Crippen LogP contribution in [0.5, 0.6) is 5.75 Å². The summed E-state index contributed by atoms with van der Waals surface area (Å²) in [5.41, 5.74) is 4.89. The molecule has 0 saturated carbocycles. The van der Waals surface area contributed by atoms with Crippen LogP contribution in [0, 0.1) is 6.92 Å². The predicted molar refractivity (Wildman–Crippen MR) is 99.4 cm³/mol.